The summed E-state index contributed by atoms with van der Waals surface area (Å²) < 4.78 is 13.8. The van der Waals surface area contributed by atoms with E-state index in [2.05, 4.69) is 29.4 Å². The predicted molar refractivity (Wildman–Crippen MR) is 103 cm³/mol. The number of rotatable bonds is 8. The number of hydrogen-bond acceptors (Lipinski definition) is 2. The zero-order valence-corrected chi connectivity index (χ0v) is 15.7. The van der Waals surface area contributed by atoms with Crippen LogP contribution in [0.25, 0.3) is 0 Å². The van der Waals surface area contributed by atoms with Crippen LogP contribution in [-0.2, 0) is 6.54 Å². The van der Waals surface area contributed by atoms with Gasteiger partial charge in [-0.3, -0.25) is 9.89 Å². The minimum Gasteiger partial charge on any atom is -0.357 e. The van der Waals surface area contributed by atoms with Crippen LogP contribution in [0.5, 0.6) is 0 Å². The lowest BCUT2D eigenvalue weighted by molar-refractivity contribution is 0.179. The Hall–Kier alpha value is -1.62. The van der Waals surface area contributed by atoms with Gasteiger partial charge in [0.1, 0.15) is 5.82 Å². The van der Waals surface area contributed by atoms with E-state index in [1.807, 2.05) is 12.1 Å². The molecule has 5 heteroatoms. The zero-order valence-electron chi connectivity index (χ0n) is 15.7. The summed E-state index contributed by atoms with van der Waals surface area (Å²) in [5, 5.41) is 6.71. The molecule has 1 saturated heterocycles. The number of aliphatic imine (C=N–C) groups is 1. The molecule has 4 nitrogen and oxygen atoms in total. The van der Waals surface area contributed by atoms with Crippen molar-refractivity contribution >= 4 is 5.96 Å². The van der Waals surface area contributed by atoms with Crippen molar-refractivity contribution in [2.75, 3.05) is 32.7 Å². The molecule has 2 rings (SSSR count). The first-order chi connectivity index (χ1) is 12.2. The fourth-order valence-electron chi connectivity index (χ4n) is 3.14. The summed E-state index contributed by atoms with van der Waals surface area (Å²) in [4.78, 5) is 7.10. The normalized spacial score (nSPS) is 16.8. The number of unbranched alkanes of at least 4 members (excludes halogenated alkanes) is 1. The summed E-state index contributed by atoms with van der Waals surface area (Å²) in [6, 6.07) is 7.09. The van der Waals surface area contributed by atoms with Gasteiger partial charge in [-0.25, -0.2) is 4.39 Å². The molecule has 1 fully saturated rings. The third kappa shape index (κ3) is 7.02. The lowest BCUT2D eigenvalue weighted by atomic mass is 9.96. The second-order valence-corrected chi connectivity index (χ2v) is 6.81. The topological polar surface area (TPSA) is 39.7 Å². The molecule has 1 aromatic rings. The van der Waals surface area contributed by atoms with Crippen molar-refractivity contribution in [3.8, 4) is 0 Å². The van der Waals surface area contributed by atoms with Gasteiger partial charge < -0.3 is 10.6 Å². The zero-order chi connectivity index (χ0) is 17.9. The average molecular weight is 349 g/mol. The van der Waals surface area contributed by atoms with Gasteiger partial charge >= 0.3 is 0 Å². The highest BCUT2D eigenvalue weighted by molar-refractivity contribution is 5.79. The van der Waals surface area contributed by atoms with Crippen molar-refractivity contribution in [2.45, 2.75) is 46.1 Å². The second-order valence-electron chi connectivity index (χ2n) is 6.81. The Morgan fingerprint density at radius 3 is 2.64 bits per heavy atom. The van der Waals surface area contributed by atoms with E-state index in [0.29, 0.717) is 12.5 Å². The Morgan fingerprint density at radius 1 is 1.20 bits per heavy atom. The molecule has 0 aromatic heterocycles. The van der Waals surface area contributed by atoms with Crippen LogP contribution in [0.15, 0.2) is 29.3 Å². The summed E-state index contributed by atoms with van der Waals surface area (Å²) in [7, 11) is 0. The van der Waals surface area contributed by atoms with Gasteiger partial charge in [-0.15, -0.1) is 0 Å². The molecular weight excluding hydrogens is 315 g/mol. The molecule has 0 amide bonds. The van der Waals surface area contributed by atoms with Crippen LogP contribution in [-0.4, -0.2) is 43.6 Å². The summed E-state index contributed by atoms with van der Waals surface area (Å²) in [6.07, 6.45) is 4.62. The molecule has 1 aromatic carbocycles. The predicted octanol–water partition coefficient (Wildman–Crippen LogP) is 3.39. The Morgan fingerprint density at radius 2 is 1.96 bits per heavy atom. The van der Waals surface area contributed by atoms with Crippen LogP contribution in [0.3, 0.4) is 0 Å². The molecule has 0 bridgehead atoms. The summed E-state index contributed by atoms with van der Waals surface area (Å²) >= 11 is 0. The number of nitrogens with zero attached hydrogens (tertiary/aromatic N) is 2. The Labute approximate surface area is 151 Å². The molecule has 25 heavy (non-hydrogen) atoms. The van der Waals surface area contributed by atoms with E-state index >= 15 is 0 Å². The summed E-state index contributed by atoms with van der Waals surface area (Å²) in [5.74, 6) is 1.46. The third-order valence-electron chi connectivity index (χ3n) is 4.73. The molecule has 0 atom stereocenters. The summed E-state index contributed by atoms with van der Waals surface area (Å²) in [5.41, 5.74) is 0.800. The van der Waals surface area contributed by atoms with Gasteiger partial charge in [0.15, 0.2) is 5.96 Å². The third-order valence-corrected chi connectivity index (χ3v) is 4.73. The van der Waals surface area contributed by atoms with E-state index < -0.39 is 0 Å². The van der Waals surface area contributed by atoms with Gasteiger partial charge in [0.05, 0.1) is 0 Å². The van der Waals surface area contributed by atoms with Gasteiger partial charge in [0, 0.05) is 31.7 Å². The fraction of sp³-hybridized carbons (Fsp3) is 0.650. The van der Waals surface area contributed by atoms with E-state index in [-0.39, 0.29) is 5.82 Å². The lowest BCUT2D eigenvalue weighted by Gasteiger charge is -2.31. The van der Waals surface area contributed by atoms with E-state index in [1.54, 1.807) is 12.1 Å². The molecule has 0 spiro atoms. The molecule has 140 valence electrons. The first kappa shape index (κ1) is 19.7. The highest BCUT2D eigenvalue weighted by atomic mass is 19.1. The van der Waals surface area contributed by atoms with Crippen molar-refractivity contribution in [3.63, 3.8) is 0 Å². The highest BCUT2D eigenvalue weighted by Gasteiger charge is 2.19. The van der Waals surface area contributed by atoms with Crippen LogP contribution in [0.4, 0.5) is 4.39 Å². The first-order valence-electron chi connectivity index (χ1n) is 9.70. The Bertz CT molecular complexity index is 524. The number of guanidine groups is 1. The molecule has 1 heterocycles. The van der Waals surface area contributed by atoms with Crippen molar-refractivity contribution in [1.29, 1.82) is 0 Å². The van der Waals surface area contributed by atoms with Crippen molar-refractivity contribution in [3.05, 3.63) is 35.6 Å². The fourth-order valence-corrected chi connectivity index (χ4v) is 3.14. The smallest absolute Gasteiger partial charge is 0.191 e. The van der Waals surface area contributed by atoms with Crippen LogP contribution < -0.4 is 10.6 Å². The minimum absolute atomic E-state index is 0.0948. The van der Waals surface area contributed by atoms with Crippen LogP contribution >= 0.6 is 0 Å². The van der Waals surface area contributed by atoms with Crippen molar-refractivity contribution < 1.29 is 4.39 Å². The number of likely N-dealkylation sites (tertiary alicyclic amines) is 1. The molecular formula is C20H33FN4. The number of halogens is 1. The molecule has 0 aliphatic carbocycles. The van der Waals surface area contributed by atoms with Gasteiger partial charge in [-0.2, -0.15) is 0 Å². The molecule has 1 aliphatic heterocycles. The SMILES string of the molecule is CCCCNC(=NCC1CCN(Cc2ccccc2F)CC1)NCC. The number of nitrogens with one attached hydrogen (secondary N) is 2. The largest absolute Gasteiger partial charge is 0.357 e. The van der Waals surface area contributed by atoms with E-state index in [0.717, 1.165) is 57.1 Å². The quantitative estimate of drug-likeness (QED) is 0.430. The van der Waals surface area contributed by atoms with E-state index in [9.17, 15) is 4.39 Å². The van der Waals surface area contributed by atoms with E-state index in [4.69, 9.17) is 4.99 Å². The maximum absolute atomic E-state index is 13.8. The average Bonchev–Trinajstić information content (AvgIpc) is 2.63. The maximum Gasteiger partial charge on any atom is 0.191 e. The number of piperidine rings is 1. The van der Waals surface area contributed by atoms with Crippen LogP contribution in [0.1, 0.15) is 45.1 Å². The molecule has 2 N–H and O–H groups in total. The molecule has 0 unspecified atom stereocenters. The van der Waals surface area contributed by atoms with Gasteiger partial charge in [-0.05, 0) is 51.3 Å². The number of benzene rings is 1. The summed E-state index contributed by atoms with van der Waals surface area (Å²) in [6.45, 7) is 9.78. The minimum atomic E-state index is -0.0948. The Kier molecular flexibility index (Phi) is 8.73. The van der Waals surface area contributed by atoms with Crippen LogP contribution in [0, 0.1) is 11.7 Å². The monoisotopic (exact) mass is 348 g/mol. The standard InChI is InChI=1S/C20H33FN4/c1-3-5-12-23-20(22-4-2)24-15-17-10-13-25(14-11-17)16-18-8-6-7-9-19(18)21/h6-9,17H,3-5,10-16H2,1-2H3,(H2,22,23,24). The van der Waals surface area contributed by atoms with Crippen LogP contribution in [0.2, 0.25) is 0 Å². The first-order valence-corrected chi connectivity index (χ1v) is 9.70. The van der Waals surface area contributed by atoms with Gasteiger partial charge in [0.25, 0.3) is 0 Å². The molecule has 1 aliphatic rings. The van der Waals surface area contributed by atoms with Gasteiger partial charge in [0.2, 0.25) is 0 Å². The van der Waals surface area contributed by atoms with Crippen molar-refractivity contribution in [1.82, 2.24) is 15.5 Å². The lowest BCUT2D eigenvalue weighted by Crippen LogP contribution is -2.39. The molecule has 0 radical (unpaired) electrons. The van der Waals surface area contributed by atoms with Crippen molar-refractivity contribution in [2.24, 2.45) is 10.9 Å². The molecule has 0 saturated carbocycles. The maximum atomic E-state index is 13.8. The highest BCUT2D eigenvalue weighted by Crippen LogP contribution is 2.20. The van der Waals surface area contributed by atoms with Gasteiger partial charge in [-0.1, -0.05) is 31.5 Å². The number of hydrogen-bond donors (Lipinski definition) is 2. The second kappa shape index (κ2) is 11.1. The Balaban J connectivity index is 1.75. The van der Waals surface area contributed by atoms with E-state index in [1.165, 1.54) is 12.8 Å².